The molecule has 1 aliphatic heterocycles. The Balaban J connectivity index is 1.57. The number of hydrogen-bond acceptors (Lipinski definition) is 3. The van der Waals surface area contributed by atoms with E-state index in [9.17, 15) is 9.59 Å². The van der Waals surface area contributed by atoms with Crippen LogP contribution < -0.4 is 5.32 Å². The van der Waals surface area contributed by atoms with Crippen molar-refractivity contribution in [2.45, 2.75) is 24.3 Å². The van der Waals surface area contributed by atoms with Gasteiger partial charge in [-0.15, -0.1) is 11.8 Å². The summed E-state index contributed by atoms with van der Waals surface area (Å²) < 4.78 is 0. The van der Waals surface area contributed by atoms with Crippen molar-refractivity contribution in [3.05, 3.63) is 64.7 Å². The van der Waals surface area contributed by atoms with Gasteiger partial charge in [-0.25, -0.2) is 0 Å². The molecule has 1 N–H and O–H groups in total. The number of carbonyl (C=O) groups is 2. The number of piperidine rings is 1. The van der Waals surface area contributed by atoms with E-state index < -0.39 is 0 Å². The van der Waals surface area contributed by atoms with Gasteiger partial charge in [-0.3, -0.25) is 9.59 Å². The van der Waals surface area contributed by atoms with Crippen molar-refractivity contribution in [1.29, 1.82) is 0 Å². The molecule has 2 aromatic carbocycles. The van der Waals surface area contributed by atoms with Crippen LogP contribution in [0, 0.1) is 5.92 Å². The first kappa shape index (κ1) is 19.8. The summed E-state index contributed by atoms with van der Waals surface area (Å²) in [6, 6.07) is 15.2. The van der Waals surface area contributed by atoms with Crippen molar-refractivity contribution >= 4 is 35.2 Å². The molecule has 1 fully saturated rings. The van der Waals surface area contributed by atoms with Gasteiger partial charge in [0.2, 0.25) is 5.91 Å². The summed E-state index contributed by atoms with van der Waals surface area (Å²) in [6.07, 6.45) is 3.65. The van der Waals surface area contributed by atoms with Gasteiger partial charge in [-0.05, 0) is 48.9 Å². The highest BCUT2D eigenvalue weighted by Crippen LogP contribution is 2.22. The number of amides is 2. The molecule has 0 saturated carbocycles. The molecule has 1 heterocycles. The Bertz CT molecular complexity index is 810. The second-order valence-electron chi connectivity index (χ2n) is 6.64. The van der Waals surface area contributed by atoms with Gasteiger partial charge < -0.3 is 10.2 Å². The molecule has 27 heavy (non-hydrogen) atoms. The van der Waals surface area contributed by atoms with Crippen molar-refractivity contribution < 1.29 is 9.59 Å². The van der Waals surface area contributed by atoms with Crippen LogP contribution in [-0.4, -0.2) is 36.1 Å². The lowest BCUT2D eigenvalue weighted by molar-refractivity contribution is -0.126. The van der Waals surface area contributed by atoms with E-state index in [2.05, 4.69) is 17.4 Å². The number of likely N-dealkylation sites (tertiary alicyclic amines) is 1. The van der Waals surface area contributed by atoms with Gasteiger partial charge in [0.25, 0.3) is 5.91 Å². The number of nitrogens with one attached hydrogen (secondary N) is 1. The maximum atomic E-state index is 12.7. The Morgan fingerprint density at radius 2 is 1.93 bits per heavy atom. The maximum absolute atomic E-state index is 12.7. The topological polar surface area (TPSA) is 49.4 Å². The Morgan fingerprint density at radius 3 is 2.63 bits per heavy atom. The molecule has 142 valence electrons. The second-order valence-corrected chi connectivity index (χ2v) is 7.92. The molecule has 2 aromatic rings. The lowest BCUT2D eigenvalue weighted by Gasteiger charge is -2.32. The fraction of sp³-hybridized carbons (Fsp3) is 0.333. The van der Waals surface area contributed by atoms with Gasteiger partial charge in [0.15, 0.2) is 0 Å². The van der Waals surface area contributed by atoms with Gasteiger partial charge in [-0.1, -0.05) is 35.9 Å². The van der Waals surface area contributed by atoms with Crippen molar-refractivity contribution in [2.24, 2.45) is 5.92 Å². The number of halogens is 1. The summed E-state index contributed by atoms with van der Waals surface area (Å²) in [5, 5.41) is 3.45. The molecule has 1 saturated heterocycles. The summed E-state index contributed by atoms with van der Waals surface area (Å²) in [6.45, 7) is 1.59. The molecule has 0 aliphatic carbocycles. The predicted octanol–water partition coefficient (Wildman–Crippen LogP) is 4.23. The van der Waals surface area contributed by atoms with Crippen molar-refractivity contribution in [2.75, 3.05) is 19.3 Å². The zero-order valence-corrected chi connectivity index (χ0v) is 16.9. The third-order valence-electron chi connectivity index (χ3n) is 4.81. The number of nitrogens with zero attached hydrogens (tertiary/aromatic N) is 1. The highest BCUT2D eigenvalue weighted by Gasteiger charge is 2.29. The third kappa shape index (κ3) is 5.05. The van der Waals surface area contributed by atoms with Crippen LogP contribution in [0.4, 0.5) is 0 Å². The maximum Gasteiger partial charge on any atom is 0.255 e. The van der Waals surface area contributed by atoms with Crippen LogP contribution in [0.2, 0.25) is 5.02 Å². The summed E-state index contributed by atoms with van der Waals surface area (Å²) in [5.74, 6) is -0.290. The molecular formula is C21H23ClN2O2S. The molecule has 0 spiro atoms. The van der Waals surface area contributed by atoms with Crippen LogP contribution in [0.15, 0.2) is 53.4 Å². The van der Waals surface area contributed by atoms with Gasteiger partial charge in [-0.2, -0.15) is 0 Å². The largest absolute Gasteiger partial charge is 0.352 e. The first-order valence-electron chi connectivity index (χ1n) is 9.03. The minimum atomic E-state index is -0.185. The normalized spacial score (nSPS) is 16.8. The Morgan fingerprint density at radius 1 is 1.19 bits per heavy atom. The van der Waals surface area contributed by atoms with Gasteiger partial charge in [0, 0.05) is 24.5 Å². The molecule has 1 aliphatic rings. The first-order chi connectivity index (χ1) is 13.1. The second kappa shape index (κ2) is 9.29. The van der Waals surface area contributed by atoms with E-state index in [-0.39, 0.29) is 17.7 Å². The minimum absolute atomic E-state index is 0.000557. The Kier molecular flexibility index (Phi) is 6.80. The smallest absolute Gasteiger partial charge is 0.255 e. The SMILES string of the molecule is CSc1ccc(CNC(=O)[C@H]2CCCN(C(=O)c3ccccc3Cl)C2)cc1. The van der Waals surface area contributed by atoms with Crippen LogP contribution in [-0.2, 0) is 11.3 Å². The van der Waals surface area contributed by atoms with Crippen LogP contribution in [0.25, 0.3) is 0 Å². The monoisotopic (exact) mass is 402 g/mol. The molecule has 6 heteroatoms. The number of rotatable bonds is 5. The lowest BCUT2D eigenvalue weighted by Crippen LogP contribution is -2.45. The molecule has 1 atom stereocenters. The number of hydrogen-bond donors (Lipinski definition) is 1. The van der Waals surface area contributed by atoms with Gasteiger partial charge in [0.05, 0.1) is 16.5 Å². The number of thioether (sulfide) groups is 1. The van der Waals surface area contributed by atoms with Crippen LogP contribution >= 0.6 is 23.4 Å². The standard InChI is InChI=1S/C21H23ClN2O2S/c1-27-17-10-8-15(9-11-17)13-23-20(25)16-5-4-12-24(14-16)21(26)18-6-2-3-7-19(18)22/h2-3,6-11,16H,4-5,12-14H2,1H3,(H,23,25)/t16-/m0/s1. The quantitative estimate of drug-likeness (QED) is 0.761. The van der Waals surface area contributed by atoms with E-state index >= 15 is 0 Å². The molecule has 0 unspecified atom stereocenters. The van der Waals surface area contributed by atoms with E-state index in [0.717, 1.165) is 18.4 Å². The first-order valence-corrected chi connectivity index (χ1v) is 10.6. The summed E-state index contributed by atoms with van der Waals surface area (Å²) in [7, 11) is 0. The molecule has 3 rings (SSSR count). The van der Waals surface area contributed by atoms with Crippen molar-refractivity contribution in [3.8, 4) is 0 Å². The highest BCUT2D eigenvalue weighted by atomic mass is 35.5. The summed E-state index contributed by atoms with van der Waals surface area (Å²) >= 11 is 7.84. The zero-order chi connectivity index (χ0) is 19.2. The zero-order valence-electron chi connectivity index (χ0n) is 15.3. The molecule has 0 radical (unpaired) electrons. The van der Waals surface area contributed by atoms with Crippen LogP contribution in [0.3, 0.4) is 0 Å². The average Bonchev–Trinajstić information content (AvgIpc) is 2.72. The molecular weight excluding hydrogens is 380 g/mol. The Hall–Kier alpha value is -1.98. The molecule has 2 amide bonds. The van der Waals surface area contributed by atoms with Gasteiger partial charge >= 0.3 is 0 Å². The van der Waals surface area contributed by atoms with E-state index in [1.807, 2.05) is 18.4 Å². The van der Waals surface area contributed by atoms with Crippen LogP contribution in [0.5, 0.6) is 0 Å². The van der Waals surface area contributed by atoms with E-state index in [1.54, 1.807) is 40.9 Å². The fourth-order valence-electron chi connectivity index (χ4n) is 3.26. The number of carbonyl (C=O) groups excluding carboxylic acids is 2. The highest BCUT2D eigenvalue weighted by molar-refractivity contribution is 7.98. The Labute approximate surface area is 169 Å². The molecule has 0 bridgehead atoms. The van der Waals surface area contributed by atoms with E-state index in [4.69, 9.17) is 11.6 Å². The van der Waals surface area contributed by atoms with Gasteiger partial charge in [0.1, 0.15) is 0 Å². The van der Waals surface area contributed by atoms with E-state index in [0.29, 0.717) is 30.2 Å². The van der Waals surface area contributed by atoms with Crippen molar-refractivity contribution in [3.63, 3.8) is 0 Å². The lowest BCUT2D eigenvalue weighted by atomic mass is 9.96. The van der Waals surface area contributed by atoms with E-state index in [1.165, 1.54) is 4.90 Å². The molecule has 0 aromatic heterocycles. The summed E-state index contributed by atoms with van der Waals surface area (Å²) in [5.41, 5.74) is 1.56. The predicted molar refractivity (Wildman–Crippen MR) is 110 cm³/mol. The summed E-state index contributed by atoms with van der Waals surface area (Å²) in [4.78, 5) is 28.3. The van der Waals surface area contributed by atoms with Crippen molar-refractivity contribution in [1.82, 2.24) is 10.2 Å². The fourth-order valence-corrected chi connectivity index (χ4v) is 3.88. The third-order valence-corrected chi connectivity index (χ3v) is 5.88. The minimum Gasteiger partial charge on any atom is -0.352 e. The van der Waals surface area contributed by atoms with Crippen LogP contribution in [0.1, 0.15) is 28.8 Å². The molecule has 4 nitrogen and oxygen atoms in total. The number of benzene rings is 2. The average molecular weight is 403 g/mol.